The quantitative estimate of drug-likeness (QED) is 0.746. The maximum Gasteiger partial charge on any atom is 0.317 e. The summed E-state index contributed by atoms with van der Waals surface area (Å²) in [5.74, 6) is 0.393. The van der Waals surface area contributed by atoms with Gasteiger partial charge in [-0.25, -0.2) is 4.79 Å². The summed E-state index contributed by atoms with van der Waals surface area (Å²) in [6.45, 7) is 5.19. The molecule has 1 N–H and O–H groups in total. The predicted molar refractivity (Wildman–Crippen MR) is 112 cm³/mol. The summed E-state index contributed by atoms with van der Waals surface area (Å²) < 4.78 is 5.32. The molecule has 4 aliphatic rings. The number of piperidine rings is 1. The lowest BCUT2D eigenvalue weighted by atomic mass is 9.95. The first-order valence-electron chi connectivity index (χ1n) is 11.8. The van der Waals surface area contributed by atoms with E-state index in [-0.39, 0.29) is 23.8 Å². The Balaban J connectivity index is 1.19. The van der Waals surface area contributed by atoms with Gasteiger partial charge in [0.2, 0.25) is 11.8 Å². The summed E-state index contributed by atoms with van der Waals surface area (Å²) in [6.07, 6.45) is 8.09. The van der Waals surface area contributed by atoms with Crippen LogP contribution in [0.2, 0.25) is 0 Å². The van der Waals surface area contributed by atoms with E-state index in [2.05, 4.69) is 5.32 Å². The van der Waals surface area contributed by atoms with Crippen molar-refractivity contribution in [1.82, 2.24) is 20.0 Å². The van der Waals surface area contributed by atoms with E-state index < -0.39 is 0 Å². The van der Waals surface area contributed by atoms with Crippen molar-refractivity contribution in [1.29, 1.82) is 0 Å². The highest BCUT2D eigenvalue weighted by atomic mass is 16.5. The number of hydrogen-bond acceptors (Lipinski definition) is 4. The molecule has 0 spiro atoms. The van der Waals surface area contributed by atoms with Crippen LogP contribution in [0.5, 0.6) is 0 Å². The molecule has 8 nitrogen and oxygen atoms in total. The van der Waals surface area contributed by atoms with Crippen LogP contribution in [0.3, 0.4) is 0 Å². The number of morpholine rings is 1. The molecule has 0 aromatic carbocycles. The number of hydrogen-bond donors (Lipinski definition) is 1. The van der Waals surface area contributed by atoms with E-state index in [4.69, 9.17) is 4.74 Å². The summed E-state index contributed by atoms with van der Waals surface area (Å²) in [5, 5.41) is 3.20. The third kappa shape index (κ3) is 5.25. The molecule has 0 radical (unpaired) electrons. The van der Waals surface area contributed by atoms with Gasteiger partial charge in [-0.1, -0.05) is 19.3 Å². The summed E-state index contributed by atoms with van der Waals surface area (Å²) >= 11 is 0. The van der Waals surface area contributed by atoms with Crippen LogP contribution in [-0.4, -0.2) is 91.1 Å². The molecule has 4 rings (SSSR count). The molecule has 8 heteroatoms. The molecular formula is C22H36N4O4. The van der Waals surface area contributed by atoms with Crippen molar-refractivity contribution >= 4 is 17.8 Å². The molecule has 0 aromatic heterocycles. The second-order valence-electron chi connectivity index (χ2n) is 9.35. The van der Waals surface area contributed by atoms with Gasteiger partial charge in [0.25, 0.3) is 0 Å². The molecule has 1 aliphatic carbocycles. The molecule has 30 heavy (non-hydrogen) atoms. The van der Waals surface area contributed by atoms with Crippen LogP contribution in [-0.2, 0) is 14.3 Å². The maximum absolute atomic E-state index is 12.7. The Hall–Kier alpha value is -1.83. The van der Waals surface area contributed by atoms with Gasteiger partial charge in [0.05, 0.1) is 19.1 Å². The number of rotatable bonds is 4. The molecule has 4 fully saturated rings. The normalized spacial score (nSPS) is 26.9. The minimum absolute atomic E-state index is 0.0776. The highest BCUT2D eigenvalue weighted by Gasteiger charge is 2.38. The average Bonchev–Trinajstić information content (AvgIpc) is 3.15. The van der Waals surface area contributed by atoms with Crippen LogP contribution < -0.4 is 5.32 Å². The minimum atomic E-state index is -0.211. The molecule has 1 saturated carbocycles. The number of likely N-dealkylation sites (tertiary alicyclic amines) is 2. The first kappa shape index (κ1) is 21.4. The molecule has 0 aromatic rings. The second-order valence-corrected chi connectivity index (χ2v) is 9.35. The molecule has 3 aliphatic heterocycles. The van der Waals surface area contributed by atoms with Crippen molar-refractivity contribution < 1.29 is 19.1 Å². The number of urea groups is 1. The van der Waals surface area contributed by atoms with E-state index in [0.717, 1.165) is 38.8 Å². The highest BCUT2D eigenvalue weighted by molar-refractivity contribution is 5.89. The molecule has 3 heterocycles. The van der Waals surface area contributed by atoms with Crippen molar-refractivity contribution in [3.8, 4) is 0 Å². The molecule has 3 saturated heterocycles. The second kappa shape index (κ2) is 9.98. The van der Waals surface area contributed by atoms with Crippen molar-refractivity contribution in [2.75, 3.05) is 52.5 Å². The van der Waals surface area contributed by atoms with E-state index in [1.165, 1.54) is 19.3 Å². The van der Waals surface area contributed by atoms with Gasteiger partial charge in [0.15, 0.2) is 0 Å². The summed E-state index contributed by atoms with van der Waals surface area (Å²) in [4.78, 5) is 43.4. The molecule has 4 amide bonds. The van der Waals surface area contributed by atoms with Gasteiger partial charge in [-0.05, 0) is 31.6 Å². The zero-order valence-electron chi connectivity index (χ0n) is 18.0. The molecular weight excluding hydrogens is 384 g/mol. The summed E-state index contributed by atoms with van der Waals surface area (Å²) in [7, 11) is 0. The standard InChI is InChI=1S/C22H36N4O4/c27-20-14-18(21(28)24-10-12-30-13-11-24)16-26(20)15-17-6-8-25(9-7-17)22(29)23-19-4-2-1-3-5-19/h17-19H,1-16H2,(H,23,29). The molecule has 168 valence electrons. The van der Waals surface area contributed by atoms with Gasteiger partial charge >= 0.3 is 6.03 Å². The van der Waals surface area contributed by atoms with Crippen molar-refractivity contribution in [3.63, 3.8) is 0 Å². The zero-order valence-corrected chi connectivity index (χ0v) is 18.0. The van der Waals surface area contributed by atoms with E-state index >= 15 is 0 Å². The number of ether oxygens (including phenoxy) is 1. The number of carbonyl (C=O) groups is 3. The zero-order chi connectivity index (χ0) is 20.9. The Kier molecular flexibility index (Phi) is 7.12. The fraction of sp³-hybridized carbons (Fsp3) is 0.864. The van der Waals surface area contributed by atoms with E-state index in [9.17, 15) is 14.4 Å². The topological polar surface area (TPSA) is 82.2 Å². The monoisotopic (exact) mass is 420 g/mol. The summed E-state index contributed by atoms with van der Waals surface area (Å²) in [5.41, 5.74) is 0. The van der Waals surface area contributed by atoms with E-state index in [0.29, 0.717) is 57.8 Å². The van der Waals surface area contributed by atoms with Gasteiger partial charge in [-0.3, -0.25) is 9.59 Å². The van der Waals surface area contributed by atoms with Crippen LogP contribution >= 0.6 is 0 Å². The Morgan fingerprint density at radius 1 is 0.933 bits per heavy atom. The van der Waals surface area contributed by atoms with Crippen LogP contribution in [0, 0.1) is 11.8 Å². The van der Waals surface area contributed by atoms with Crippen LogP contribution in [0.15, 0.2) is 0 Å². The van der Waals surface area contributed by atoms with Crippen LogP contribution in [0.1, 0.15) is 51.4 Å². The Labute approximate surface area is 179 Å². The minimum Gasteiger partial charge on any atom is -0.378 e. The van der Waals surface area contributed by atoms with E-state index in [1.54, 1.807) is 0 Å². The third-order valence-corrected chi connectivity index (χ3v) is 7.20. The van der Waals surface area contributed by atoms with Gasteiger partial charge in [-0.2, -0.15) is 0 Å². The lowest BCUT2D eigenvalue weighted by molar-refractivity contribution is -0.139. The average molecular weight is 421 g/mol. The fourth-order valence-corrected chi connectivity index (χ4v) is 5.30. The van der Waals surface area contributed by atoms with Crippen LogP contribution in [0.25, 0.3) is 0 Å². The van der Waals surface area contributed by atoms with Crippen molar-refractivity contribution in [2.24, 2.45) is 11.8 Å². The Morgan fingerprint density at radius 3 is 2.33 bits per heavy atom. The Morgan fingerprint density at radius 2 is 1.63 bits per heavy atom. The third-order valence-electron chi connectivity index (χ3n) is 7.20. The Bertz CT molecular complexity index is 623. The van der Waals surface area contributed by atoms with Gasteiger partial charge in [0, 0.05) is 51.7 Å². The SMILES string of the molecule is O=C1CC(C(=O)N2CCOCC2)CN1CC1CCN(C(=O)NC2CCCCC2)CC1. The number of nitrogens with zero attached hydrogens (tertiary/aromatic N) is 3. The predicted octanol–water partition coefficient (Wildman–Crippen LogP) is 1.45. The smallest absolute Gasteiger partial charge is 0.317 e. The van der Waals surface area contributed by atoms with Gasteiger partial charge < -0.3 is 24.8 Å². The van der Waals surface area contributed by atoms with Gasteiger partial charge in [0.1, 0.15) is 0 Å². The highest BCUT2D eigenvalue weighted by Crippen LogP contribution is 2.25. The summed E-state index contributed by atoms with van der Waals surface area (Å²) in [6, 6.07) is 0.418. The van der Waals surface area contributed by atoms with E-state index in [1.807, 2.05) is 14.7 Å². The first-order valence-corrected chi connectivity index (χ1v) is 11.8. The van der Waals surface area contributed by atoms with Crippen molar-refractivity contribution in [2.45, 2.75) is 57.4 Å². The van der Waals surface area contributed by atoms with Gasteiger partial charge in [-0.15, -0.1) is 0 Å². The number of nitrogens with one attached hydrogen (secondary N) is 1. The van der Waals surface area contributed by atoms with Crippen LogP contribution in [0.4, 0.5) is 4.79 Å². The fourth-order valence-electron chi connectivity index (χ4n) is 5.30. The number of carbonyl (C=O) groups excluding carboxylic acids is 3. The molecule has 0 bridgehead atoms. The lowest BCUT2D eigenvalue weighted by Gasteiger charge is -2.35. The largest absolute Gasteiger partial charge is 0.378 e. The molecule has 1 atom stereocenters. The van der Waals surface area contributed by atoms with Crippen molar-refractivity contribution in [3.05, 3.63) is 0 Å². The first-order chi connectivity index (χ1) is 14.6. The maximum atomic E-state index is 12.7. The molecule has 1 unspecified atom stereocenters. The lowest BCUT2D eigenvalue weighted by Crippen LogP contribution is -2.49. The number of amides is 4.